The molecule has 0 bridgehead atoms. The smallest absolute Gasteiger partial charge is 0.336 e. The predicted octanol–water partition coefficient (Wildman–Crippen LogP) is 3.92. The third-order valence-electron chi connectivity index (χ3n) is 4.44. The third kappa shape index (κ3) is 4.76. The third-order valence-corrected chi connectivity index (χ3v) is 4.44. The lowest BCUT2D eigenvalue weighted by Crippen LogP contribution is -2.30. The summed E-state index contributed by atoms with van der Waals surface area (Å²) >= 11 is 0. The van der Waals surface area contributed by atoms with Crippen molar-refractivity contribution < 1.29 is 18.3 Å². The molecule has 0 aliphatic rings. The lowest BCUT2D eigenvalue weighted by Gasteiger charge is -2.17. The van der Waals surface area contributed by atoms with Crippen LogP contribution >= 0.6 is 0 Å². The van der Waals surface area contributed by atoms with Crippen molar-refractivity contribution in [2.45, 2.75) is 26.3 Å². The van der Waals surface area contributed by atoms with Crippen molar-refractivity contribution in [1.82, 2.24) is 4.90 Å². The number of carbonyl (C=O) groups excluding carboxylic acids is 1. The summed E-state index contributed by atoms with van der Waals surface area (Å²) in [4.78, 5) is 25.6. The van der Waals surface area contributed by atoms with Crippen LogP contribution in [0.5, 0.6) is 5.75 Å². The van der Waals surface area contributed by atoms with Gasteiger partial charge in [0.05, 0.1) is 0 Å². The molecule has 0 spiro atoms. The van der Waals surface area contributed by atoms with E-state index in [0.29, 0.717) is 17.9 Å². The summed E-state index contributed by atoms with van der Waals surface area (Å²) < 4.78 is 23.8. The first-order valence-electron chi connectivity index (χ1n) is 9.14. The van der Waals surface area contributed by atoms with Crippen LogP contribution in [0.25, 0.3) is 11.0 Å². The van der Waals surface area contributed by atoms with Gasteiger partial charge in [-0.15, -0.1) is 0 Å². The Morgan fingerprint density at radius 2 is 1.89 bits per heavy atom. The molecule has 0 aliphatic carbocycles. The molecule has 3 aromatic rings. The summed E-state index contributed by atoms with van der Waals surface area (Å²) in [5, 5.41) is 0.869. The van der Waals surface area contributed by atoms with Crippen LogP contribution in [0.1, 0.15) is 24.5 Å². The molecule has 1 heterocycles. The van der Waals surface area contributed by atoms with Crippen LogP contribution in [0.15, 0.2) is 57.7 Å². The van der Waals surface area contributed by atoms with Crippen LogP contribution in [0.3, 0.4) is 0 Å². The van der Waals surface area contributed by atoms with Gasteiger partial charge in [-0.05, 0) is 41.8 Å². The molecule has 0 aliphatic heterocycles. The van der Waals surface area contributed by atoms with Crippen molar-refractivity contribution in [3.63, 3.8) is 0 Å². The van der Waals surface area contributed by atoms with Crippen LogP contribution in [-0.4, -0.2) is 24.5 Å². The Balaban J connectivity index is 1.66. The summed E-state index contributed by atoms with van der Waals surface area (Å²) in [7, 11) is 1.66. The first-order valence-corrected chi connectivity index (χ1v) is 9.14. The Morgan fingerprint density at radius 1 is 1.14 bits per heavy atom. The van der Waals surface area contributed by atoms with Gasteiger partial charge in [0.1, 0.15) is 17.1 Å². The van der Waals surface area contributed by atoms with Gasteiger partial charge in [-0.2, -0.15) is 0 Å². The zero-order valence-corrected chi connectivity index (χ0v) is 15.9. The lowest BCUT2D eigenvalue weighted by molar-refractivity contribution is -0.132. The maximum atomic E-state index is 13.0. The standard InChI is InChI=1S/C22H22FNO4/c1-3-4-16-11-22(26)28-20-12-18(9-10-19(16)20)27-14-21(25)24(2)13-15-5-7-17(23)8-6-15/h5-12H,3-4,13-14H2,1-2H3. The second-order valence-electron chi connectivity index (χ2n) is 6.66. The van der Waals surface area contributed by atoms with Crippen molar-refractivity contribution in [1.29, 1.82) is 0 Å². The van der Waals surface area contributed by atoms with Gasteiger partial charge in [0.15, 0.2) is 6.61 Å². The zero-order valence-electron chi connectivity index (χ0n) is 15.9. The molecule has 5 nitrogen and oxygen atoms in total. The number of hydrogen-bond donors (Lipinski definition) is 0. The molecule has 146 valence electrons. The van der Waals surface area contributed by atoms with E-state index >= 15 is 0 Å². The van der Waals surface area contributed by atoms with E-state index in [4.69, 9.17) is 9.15 Å². The monoisotopic (exact) mass is 383 g/mol. The van der Waals surface area contributed by atoms with Crippen molar-refractivity contribution in [2.24, 2.45) is 0 Å². The Morgan fingerprint density at radius 3 is 2.61 bits per heavy atom. The number of rotatable bonds is 7. The fraction of sp³-hybridized carbons (Fsp3) is 0.273. The molecule has 0 atom stereocenters. The van der Waals surface area contributed by atoms with E-state index < -0.39 is 5.63 Å². The molecule has 0 N–H and O–H groups in total. The van der Waals surface area contributed by atoms with Gasteiger partial charge in [0, 0.05) is 31.1 Å². The quantitative estimate of drug-likeness (QED) is 0.580. The van der Waals surface area contributed by atoms with Crippen molar-refractivity contribution >= 4 is 16.9 Å². The minimum atomic E-state index is -0.400. The molecule has 0 fully saturated rings. The van der Waals surface area contributed by atoms with Gasteiger partial charge in [0.25, 0.3) is 5.91 Å². The van der Waals surface area contributed by atoms with Crippen LogP contribution < -0.4 is 10.4 Å². The van der Waals surface area contributed by atoms with E-state index in [1.807, 2.05) is 13.0 Å². The van der Waals surface area contributed by atoms with Crippen LogP contribution in [0, 0.1) is 5.82 Å². The average molecular weight is 383 g/mol. The summed E-state index contributed by atoms with van der Waals surface area (Å²) in [6.45, 7) is 2.25. The first-order chi connectivity index (χ1) is 13.5. The number of fused-ring (bicyclic) bond motifs is 1. The molecule has 28 heavy (non-hydrogen) atoms. The van der Waals surface area contributed by atoms with E-state index in [1.54, 1.807) is 31.3 Å². The Bertz CT molecular complexity index is 1030. The van der Waals surface area contributed by atoms with Crippen molar-refractivity contribution in [3.05, 3.63) is 75.9 Å². The Kier molecular flexibility index (Phi) is 6.09. The van der Waals surface area contributed by atoms with Gasteiger partial charge in [-0.3, -0.25) is 4.79 Å². The second-order valence-corrected chi connectivity index (χ2v) is 6.66. The van der Waals surface area contributed by atoms with E-state index in [0.717, 1.165) is 29.4 Å². The number of nitrogens with zero attached hydrogens (tertiary/aromatic N) is 1. The molecule has 1 aromatic heterocycles. The van der Waals surface area contributed by atoms with Gasteiger partial charge in [0.2, 0.25) is 0 Å². The SMILES string of the molecule is CCCc1cc(=O)oc2cc(OCC(=O)N(C)Cc3ccc(F)cc3)ccc12. The number of aryl methyl sites for hydroxylation is 1. The molecule has 0 unspecified atom stereocenters. The normalized spacial score (nSPS) is 10.8. The van der Waals surface area contributed by atoms with Gasteiger partial charge in [-0.25, -0.2) is 9.18 Å². The number of hydrogen-bond acceptors (Lipinski definition) is 4. The molecule has 2 aromatic carbocycles. The minimum Gasteiger partial charge on any atom is -0.484 e. The van der Waals surface area contributed by atoms with Gasteiger partial charge >= 0.3 is 5.63 Å². The molecular weight excluding hydrogens is 361 g/mol. The summed E-state index contributed by atoms with van der Waals surface area (Å²) in [5.41, 5.74) is 1.81. The maximum Gasteiger partial charge on any atom is 0.336 e. The van der Waals surface area contributed by atoms with Gasteiger partial charge in [-0.1, -0.05) is 25.5 Å². The number of ether oxygens (including phenoxy) is 1. The largest absolute Gasteiger partial charge is 0.484 e. The van der Waals surface area contributed by atoms with Crippen LogP contribution in [0.4, 0.5) is 4.39 Å². The number of amides is 1. The topological polar surface area (TPSA) is 59.8 Å². The van der Waals surface area contributed by atoms with E-state index in [9.17, 15) is 14.0 Å². The Hall–Kier alpha value is -3.15. The average Bonchev–Trinajstić information content (AvgIpc) is 2.67. The summed E-state index contributed by atoms with van der Waals surface area (Å²) in [5.74, 6) is -0.0791. The van der Waals surface area contributed by atoms with E-state index in [-0.39, 0.29) is 18.3 Å². The predicted molar refractivity (Wildman–Crippen MR) is 105 cm³/mol. The highest BCUT2D eigenvalue weighted by Crippen LogP contribution is 2.23. The van der Waals surface area contributed by atoms with Crippen molar-refractivity contribution in [2.75, 3.05) is 13.7 Å². The molecular formula is C22H22FNO4. The molecule has 3 rings (SSSR count). The Labute approximate surface area is 162 Å². The summed E-state index contributed by atoms with van der Waals surface area (Å²) in [6, 6.07) is 12.7. The van der Waals surface area contributed by atoms with E-state index in [1.165, 1.54) is 23.1 Å². The zero-order chi connectivity index (χ0) is 20.1. The highest BCUT2D eigenvalue weighted by molar-refractivity contribution is 5.82. The highest BCUT2D eigenvalue weighted by Gasteiger charge is 2.12. The van der Waals surface area contributed by atoms with Crippen LogP contribution in [-0.2, 0) is 17.8 Å². The molecule has 6 heteroatoms. The van der Waals surface area contributed by atoms with Crippen LogP contribution in [0.2, 0.25) is 0 Å². The molecule has 0 saturated heterocycles. The second kappa shape index (κ2) is 8.69. The first kappa shape index (κ1) is 19.6. The molecule has 0 saturated carbocycles. The minimum absolute atomic E-state index is 0.151. The van der Waals surface area contributed by atoms with E-state index in [2.05, 4.69) is 0 Å². The van der Waals surface area contributed by atoms with Gasteiger partial charge < -0.3 is 14.1 Å². The fourth-order valence-corrected chi connectivity index (χ4v) is 2.98. The van der Waals surface area contributed by atoms with Crippen molar-refractivity contribution in [3.8, 4) is 5.75 Å². The number of carbonyl (C=O) groups is 1. The number of halogens is 1. The number of benzene rings is 2. The highest BCUT2D eigenvalue weighted by atomic mass is 19.1. The lowest BCUT2D eigenvalue weighted by atomic mass is 10.1. The fourth-order valence-electron chi connectivity index (χ4n) is 2.98. The molecule has 0 radical (unpaired) electrons. The maximum absolute atomic E-state index is 13.0. The molecule has 1 amide bonds. The number of likely N-dealkylation sites (N-methyl/N-ethyl adjacent to an activating group) is 1. The summed E-state index contributed by atoms with van der Waals surface area (Å²) in [6.07, 6.45) is 1.71.